The predicted octanol–water partition coefficient (Wildman–Crippen LogP) is 4.60. The number of aryl methyl sites for hydroxylation is 1. The van der Waals surface area contributed by atoms with Crippen molar-refractivity contribution < 1.29 is 4.79 Å². The molecule has 2 aromatic carbocycles. The molecule has 0 aliphatic carbocycles. The molecule has 24 heavy (non-hydrogen) atoms. The molecule has 0 radical (unpaired) electrons. The van der Waals surface area contributed by atoms with E-state index in [1.807, 2.05) is 42.3 Å². The first-order valence-electron chi connectivity index (χ1n) is 8.72. The van der Waals surface area contributed by atoms with Crippen LogP contribution in [0.3, 0.4) is 0 Å². The lowest BCUT2D eigenvalue weighted by atomic mass is 10.1. The fourth-order valence-electron chi connectivity index (χ4n) is 2.72. The van der Waals surface area contributed by atoms with Crippen LogP contribution in [0.1, 0.15) is 42.6 Å². The van der Waals surface area contributed by atoms with Crippen molar-refractivity contribution in [2.45, 2.75) is 39.2 Å². The van der Waals surface area contributed by atoms with E-state index in [0.717, 1.165) is 37.1 Å². The maximum atomic E-state index is 12.5. The third-order valence-corrected chi connectivity index (χ3v) is 3.96. The van der Waals surface area contributed by atoms with Crippen LogP contribution < -0.4 is 5.32 Å². The molecular weight excluding hydrogens is 296 g/mol. The Labute approximate surface area is 145 Å². The van der Waals surface area contributed by atoms with Crippen LogP contribution in [0.15, 0.2) is 54.6 Å². The van der Waals surface area contributed by atoms with Crippen LogP contribution in [0, 0.1) is 0 Å². The Balaban J connectivity index is 1.81. The van der Waals surface area contributed by atoms with Gasteiger partial charge in [-0.25, -0.2) is 0 Å². The summed E-state index contributed by atoms with van der Waals surface area (Å²) in [6, 6.07) is 18.6. The number of hydrogen-bond acceptors (Lipinski definition) is 2. The molecule has 0 aromatic heterocycles. The molecule has 3 nitrogen and oxygen atoms in total. The van der Waals surface area contributed by atoms with Gasteiger partial charge in [0.25, 0.3) is 5.91 Å². The van der Waals surface area contributed by atoms with E-state index >= 15 is 0 Å². The van der Waals surface area contributed by atoms with Crippen molar-refractivity contribution in [2.24, 2.45) is 0 Å². The Hall–Kier alpha value is -2.29. The second-order valence-electron chi connectivity index (χ2n) is 6.55. The minimum Gasteiger partial charge on any atom is -0.383 e. The number of carbonyl (C=O) groups is 1. The SMILES string of the molecule is CC(C)Nc1cccc(C(=O)N(C)CCCCc2ccccc2)c1. The molecule has 0 aliphatic heterocycles. The average molecular weight is 324 g/mol. The van der Waals surface area contributed by atoms with Crippen molar-refractivity contribution >= 4 is 11.6 Å². The molecule has 1 amide bonds. The van der Waals surface area contributed by atoms with Gasteiger partial charge in [-0.05, 0) is 56.9 Å². The highest BCUT2D eigenvalue weighted by molar-refractivity contribution is 5.95. The third kappa shape index (κ3) is 5.73. The summed E-state index contributed by atoms with van der Waals surface area (Å²) in [7, 11) is 1.88. The van der Waals surface area contributed by atoms with Crippen LogP contribution in [0.4, 0.5) is 5.69 Å². The average Bonchev–Trinajstić information content (AvgIpc) is 2.58. The van der Waals surface area contributed by atoms with Gasteiger partial charge >= 0.3 is 0 Å². The lowest BCUT2D eigenvalue weighted by Gasteiger charge is -2.18. The number of rotatable bonds is 8. The Morgan fingerprint density at radius 1 is 1.04 bits per heavy atom. The van der Waals surface area contributed by atoms with E-state index in [4.69, 9.17) is 0 Å². The number of hydrogen-bond donors (Lipinski definition) is 1. The van der Waals surface area contributed by atoms with Crippen LogP contribution in [0.25, 0.3) is 0 Å². The molecule has 2 rings (SSSR count). The zero-order valence-electron chi connectivity index (χ0n) is 15.0. The van der Waals surface area contributed by atoms with Crippen molar-refractivity contribution in [3.63, 3.8) is 0 Å². The highest BCUT2D eigenvalue weighted by Crippen LogP contribution is 2.14. The molecule has 3 heteroatoms. The normalized spacial score (nSPS) is 10.7. The number of nitrogens with one attached hydrogen (secondary N) is 1. The predicted molar refractivity (Wildman–Crippen MR) is 102 cm³/mol. The maximum absolute atomic E-state index is 12.5. The molecule has 0 saturated carbocycles. The summed E-state index contributed by atoms with van der Waals surface area (Å²) in [5.41, 5.74) is 3.10. The molecule has 128 valence electrons. The van der Waals surface area contributed by atoms with Crippen LogP contribution in [-0.4, -0.2) is 30.4 Å². The van der Waals surface area contributed by atoms with Gasteiger partial charge in [-0.15, -0.1) is 0 Å². The molecule has 0 fully saturated rings. The van der Waals surface area contributed by atoms with Gasteiger partial charge in [-0.3, -0.25) is 4.79 Å². The van der Waals surface area contributed by atoms with Crippen LogP contribution in [0.2, 0.25) is 0 Å². The van der Waals surface area contributed by atoms with Gasteiger partial charge in [0.05, 0.1) is 0 Å². The smallest absolute Gasteiger partial charge is 0.253 e. The molecule has 2 aromatic rings. The summed E-state index contributed by atoms with van der Waals surface area (Å²) in [4.78, 5) is 14.4. The van der Waals surface area contributed by atoms with Gasteiger partial charge in [-0.2, -0.15) is 0 Å². The van der Waals surface area contributed by atoms with E-state index in [9.17, 15) is 4.79 Å². The summed E-state index contributed by atoms with van der Waals surface area (Å²) in [5, 5.41) is 3.34. The largest absolute Gasteiger partial charge is 0.383 e. The number of carbonyl (C=O) groups excluding carboxylic acids is 1. The number of amides is 1. The van der Waals surface area contributed by atoms with Gasteiger partial charge in [-0.1, -0.05) is 36.4 Å². The van der Waals surface area contributed by atoms with Gasteiger partial charge < -0.3 is 10.2 Å². The summed E-state index contributed by atoms with van der Waals surface area (Å²) in [6.07, 6.45) is 3.17. The number of unbranched alkanes of at least 4 members (excludes halogenated alkanes) is 1. The molecular formula is C21H28N2O. The van der Waals surface area contributed by atoms with E-state index in [2.05, 4.69) is 43.4 Å². The van der Waals surface area contributed by atoms with Crippen LogP contribution in [-0.2, 0) is 6.42 Å². The number of nitrogens with zero attached hydrogens (tertiary/aromatic N) is 1. The van der Waals surface area contributed by atoms with E-state index in [1.165, 1.54) is 5.56 Å². The fraction of sp³-hybridized carbons (Fsp3) is 0.381. The van der Waals surface area contributed by atoms with Crippen LogP contribution >= 0.6 is 0 Å². The first-order chi connectivity index (χ1) is 11.6. The molecule has 0 heterocycles. The van der Waals surface area contributed by atoms with Crippen molar-refractivity contribution in [1.82, 2.24) is 4.90 Å². The highest BCUT2D eigenvalue weighted by atomic mass is 16.2. The van der Waals surface area contributed by atoms with Gasteiger partial charge in [0, 0.05) is 30.9 Å². The fourth-order valence-corrected chi connectivity index (χ4v) is 2.72. The van der Waals surface area contributed by atoms with E-state index in [1.54, 1.807) is 0 Å². The lowest BCUT2D eigenvalue weighted by molar-refractivity contribution is 0.0793. The maximum Gasteiger partial charge on any atom is 0.253 e. The minimum atomic E-state index is 0.0853. The van der Waals surface area contributed by atoms with E-state index < -0.39 is 0 Å². The summed E-state index contributed by atoms with van der Waals surface area (Å²) >= 11 is 0. The third-order valence-electron chi connectivity index (χ3n) is 3.96. The molecule has 0 spiro atoms. The topological polar surface area (TPSA) is 32.3 Å². The highest BCUT2D eigenvalue weighted by Gasteiger charge is 2.11. The van der Waals surface area contributed by atoms with Gasteiger partial charge in [0.1, 0.15) is 0 Å². The second-order valence-corrected chi connectivity index (χ2v) is 6.55. The van der Waals surface area contributed by atoms with E-state index in [-0.39, 0.29) is 5.91 Å². The quantitative estimate of drug-likeness (QED) is 0.720. The summed E-state index contributed by atoms with van der Waals surface area (Å²) < 4.78 is 0. The molecule has 1 N–H and O–H groups in total. The Morgan fingerprint density at radius 3 is 2.50 bits per heavy atom. The second kappa shape index (κ2) is 9.11. The first-order valence-corrected chi connectivity index (χ1v) is 8.72. The van der Waals surface area contributed by atoms with Crippen LogP contribution in [0.5, 0.6) is 0 Å². The molecule has 0 bridgehead atoms. The zero-order chi connectivity index (χ0) is 17.4. The monoisotopic (exact) mass is 324 g/mol. The van der Waals surface area contributed by atoms with Crippen molar-refractivity contribution in [2.75, 3.05) is 18.9 Å². The molecule has 0 atom stereocenters. The minimum absolute atomic E-state index is 0.0853. The molecule has 0 unspecified atom stereocenters. The Bertz CT molecular complexity index is 637. The standard InChI is InChI=1S/C21H28N2O/c1-17(2)22-20-14-9-13-19(16-20)21(24)23(3)15-8-7-12-18-10-5-4-6-11-18/h4-6,9-11,13-14,16-17,22H,7-8,12,15H2,1-3H3. The summed E-state index contributed by atoms with van der Waals surface area (Å²) in [6.45, 7) is 4.97. The number of anilines is 1. The Morgan fingerprint density at radius 2 is 1.79 bits per heavy atom. The zero-order valence-corrected chi connectivity index (χ0v) is 15.0. The summed E-state index contributed by atoms with van der Waals surface area (Å²) in [5.74, 6) is 0.0853. The molecule has 0 saturated heterocycles. The van der Waals surface area contributed by atoms with E-state index in [0.29, 0.717) is 6.04 Å². The lowest BCUT2D eigenvalue weighted by Crippen LogP contribution is -2.27. The van der Waals surface area contributed by atoms with Gasteiger partial charge in [0.15, 0.2) is 0 Å². The van der Waals surface area contributed by atoms with Crippen molar-refractivity contribution in [3.8, 4) is 0 Å². The van der Waals surface area contributed by atoms with Crippen molar-refractivity contribution in [3.05, 3.63) is 65.7 Å². The molecule has 0 aliphatic rings. The Kier molecular flexibility index (Phi) is 6.86. The van der Waals surface area contributed by atoms with Crippen molar-refractivity contribution in [1.29, 1.82) is 0 Å². The number of benzene rings is 2. The van der Waals surface area contributed by atoms with Gasteiger partial charge in [0.2, 0.25) is 0 Å². The first kappa shape index (κ1) is 18.1.